The number of nitro groups is 1. The number of thiazole rings is 1. The van der Waals surface area contributed by atoms with E-state index in [9.17, 15) is 28.4 Å². The number of carbonyl (C=O) groups excluding carboxylic acids is 1. The highest BCUT2D eigenvalue weighted by Crippen LogP contribution is 2.44. The first-order chi connectivity index (χ1) is 32.6. The molecule has 2 aromatic heterocycles. The molecule has 3 aliphatic rings. The number of anilines is 2. The van der Waals surface area contributed by atoms with Crippen LogP contribution in [0.5, 0.6) is 11.5 Å². The van der Waals surface area contributed by atoms with Crippen molar-refractivity contribution in [1.29, 1.82) is 0 Å². The van der Waals surface area contributed by atoms with Gasteiger partial charge in [0.1, 0.15) is 11.4 Å². The topological polar surface area (TPSA) is 186 Å². The van der Waals surface area contributed by atoms with Crippen LogP contribution in [0.2, 0.25) is 5.02 Å². The third kappa shape index (κ3) is 10.7. The van der Waals surface area contributed by atoms with Crippen LogP contribution < -0.4 is 19.7 Å². The maximum Gasteiger partial charge on any atom is 0.293 e. The summed E-state index contributed by atoms with van der Waals surface area (Å²) in [6.07, 6.45) is 4.35. The number of aliphatic hydroxyl groups excluding tert-OH is 1. The Hall–Kier alpha value is -5.89. The first kappa shape index (κ1) is 47.2. The number of rotatable bonds is 14. The van der Waals surface area contributed by atoms with Gasteiger partial charge >= 0.3 is 0 Å². The third-order valence-electron chi connectivity index (χ3n) is 13.1. The zero-order valence-corrected chi connectivity index (χ0v) is 40.0. The van der Waals surface area contributed by atoms with E-state index in [1.165, 1.54) is 52.3 Å². The summed E-state index contributed by atoms with van der Waals surface area (Å²) < 4.78 is 51.4. The lowest BCUT2D eigenvalue weighted by molar-refractivity contribution is -0.384. The van der Waals surface area contributed by atoms with Gasteiger partial charge < -0.3 is 25.0 Å². The third-order valence-corrected chi connectivity index (χ3v) is 15.4. The van der Waals surface area contributed by atoms with E-state index in [2.05, 4.69) is 51.1 Å². The van der Waals surface area contributed by atoms with E-state index in [1.54, 1.807) is 29.9 Å². The number of carbonyl (C=O) groups is 1. The van der Waals surface area contributed by atoms with Crippen LogP contribution in [0.15, 0.2) is 106 Å². The van der Waals surface area contributed by atoms with Crippen LogP contribution in [0.25, 0.3) is 16.5 Å². The molecule has 19 heteroatoms. The van der Waals surface area contributed by atoms with Crippen LogP contribution in [-0.2, 0) is 16.6 Å². The highest BCUT2D eigenvalue weighted by Gasteiger charge is 2.33. The second kappa shape index (κ2) is 19.6. The first-order valence-corrected chi connectivity index (χ1v) is 25.3. The van der Waals surface area contributed by atoms with Gasteiger partial charge in [-0.1, -0.05) is 43.2 Å². The van der Waals surface area contributed by atoms with Gasteiger partial charge in [-0.15, -0.1) is 11.3 Å². The molecule has 0 radical (unpaired) electrons. The Morgan fingerprint density at radius 3 is 2.54 bits per heavy atom. The number of ether oxygens (including phenoxy) is 1. The van der Waals surface area contributed by atoms with Gasteiger partial charge in [0.2, 0.25) is 0 Å². The Balaban J connectivity index is 0.922. The molecule has 2 aliphatic heterocycles. The predicted octanol–water partition coefficient (Wildman–Crippen LogP) is 9.07. The highest BCUT2D eigenvalue weighted by molar-refractivity contribution is 7.90. The number of aromatic amines is 1. The maximum absolute atomic E-state index is 15.5. The number of allylic oxidation sites excluding steroid dienone is 1. The van der Waals surface area contributed by atoms with Crippen LogP contribution >= 0.6 is 22.9 Å². The summed E-state index contributed by atoms with van der Waals surface area (Å²) in [5, 5.41) is 29.6. The summed E-state index contributed by atoms with van der Waals surface area (Å²) in [6.45, 7) is 9.73. The van der Waals surface area contributed by atoms with Crippen molar-refractivity contribution in [2.45, 2.75) is 63.1 Å². The van der Waals surface area contributed by atoms with E-state index in [1.807, 2.05) is 27.1 Å². The lowest BCUT2D eigenvalue weighted by Gasteiger charge is -2.39. The molecule has 356 valence electrons. The fraction of sp³-hybridized carbons (Fsp3) is 0.347. The highest BCUT2D eigenvalue weighted by atomic mass is 35.5. The number of nitrogens with one attached hydrogen (secondary N) is 3. The molecule has 0 spiro atoms. The van der Waals surface area contributed by atoms with Crippen molar-refractivity contribution in [3.8, 4) is 11.5 Å². The predicted molar refractivity (Wildman–Crippen MR) is 263 cm³/mol. The van der Waals surface area contributed by atoms with Gasteiger partial charge in [0.05, 0.1) is 38.7 Å². The minimum atomic E-state index is -4.71. The summed E-state index contributed by atoms with van der Waals surface area (Å²) in [7, 11) is -4.71. The van der Waals surface area contributed by atoms with E-state index in [0.717, 1.165) is 56.7 Å². The van der Waals surface area contributed by atoms with Gasteiger partial charge in [0.15, 0.2) is 11.6 Å². The summed E-state index contributed by atoms with van der Waals surface area (Å²) in [6, 6.07) is 20.1. The van der Waals surface area contributed by atoms with Crippen molar-refractivity contribution in [3.63, 3.8) is 0 Å². The monoisotopic (exact) mass is 982 g/mol. The van der Waals surface area contributed by atoms with E-state index < -0.39 is 49.4 Å². The van der Waals surface area contributed by atoms with Gasteiger partial charge in [-0.3, -0.25) is 24.7 Å². The van der Waals surface area contributed by atoms with Crippen molar-refractivity contribution < 1.29 is 32.4 Å². The van der Waals surface area contributed by atoms with E-state index in [-0.39, 0.29) is 28.2 Å². The second-order valence-corrected chi connectivity index (χ2v) is 21.4. The number of piperazine rings is 1. The lowest BCUT2D eigenvalue weighted by atomic mass is 9.72. The summed E-state index contributed by atoms with van der Waals surface area (Å²) in [5.41, 5.74) is 7.32. The van der Waals surface area contributed by atoms with Crippen molar-refractivity contribution in [2.75, 3.05) is 56.0 Å². The minimum Gasteiger partial charge on any atom is -0.453 e. The summed E-state index contributed by atoms with van der Waals surface area (Å²) in [5.74, 6) is -2.05. The molecule has 0 saturated carbocycles. The number of aromatic nitrogens is 2. The SMILES string of the molecule is CC1(C)CCC(CN2CCN(c3ccc(C(=O)NS(=O)(=O)c4ccc(N[C@@H]5CCN(Cc6cscn6)C[C@H]5O)c([N+](=O)[O-])c4)c(Oc4cc5cc[nH]c5cc4F)c3)CC2)=C(c2ccc(Cl)cc2)C1. The average molecular weight is 984 g/mol. The number of aliphatic hydroxyl groups is 1. The van der Waals surface area contributed by atoms with Gasteiger partial charge in [-0.2, -0.15) is 0 Å². The fourth-order valence-electron chi connectivity index (χ4n) is 9.37. The van der Waals surface area contributed by atoms with Crippen molar-refractivity contribution in [1.82, 2.24) is 24.5 Å². The van der Waals surface area contributed by atoms with E-state index in [4.69, 9.17) is 16.3 Å². The van der Waals surface area contributed by atoms with Crippen LogP contribution in [0, 0.1) is 21.3 Å². The number of β-amino-alcohol motifs (C(OH)–C–C–N with tert-alkyl or cyclic N) is 1. The number of fused-ring (bicyclic) bond motifs is 1. The van der Waals surface area contributed by atoms with Gasteiger partial charge in [0.25, 0.3) is 21.6 Å². The second-order valence-electron chi connectivity index (χ2n) is 18.5. The average Bonchev–Trinajstić information content (AvgIpc) is 4.00. The lowest BCUT2D eigenvalue weighted by Crippen LogP contribution is -2.49. The Morgan fingerprint density at radius 2 is 1.81 bits per heavy atom. The molecule has 4 aromatic carbocycles. The number of halogens is 2. The number of hydrogen-bond acceptors (Lipinski definition) is 13. The molecular formula is C49H52ClFN8O7S2. The first-order valence-electron chi connectivity index (χ1n) is 22.5. The molecule has 68 heavy (non-hydrogen) atoms. The molecule has 2 saturated heterocycles. The Labute approximate surface area is 402 Å². The van der Waals surface area contributed by atoms with Crippen molar-refractivity contribution in [2.24, 2.45) is 5.41 Å². The van der Waals surface area contributed by atoms with Gasteiger partial charge in [-0.25, -0.2) is 22.5 Å². The maximum atomic E-state index is 15.5. The van der Waals surface area contributed by atoms with Gasteiger partial charge in [-0.05, 0) is 90.8 Å². The van der Waals surface area contributed by atoms with Crippen LogP contribution in [0.1, 0.15) is 61.1 Å². The number of benzene rings is 4. The molecule has 6 aromatic rings. The zero-order chi connectivity index (χ0) is 47.7. The van der Waals surface area contributed by atoms with E-state index >= 15 is 4.39 Å². The Morgan fingerprint density at radius 1 is 1.01 bits per heavy atom. The minimum absolute atomic E-state index is 0.0172. The van der Waals surface area contributed by atoms with E-state index in [0.29, 0.717) is 60.8 Å². The molecule has 2 atom stereocenters. The fourth-order valence-corrected chi connectivity index (χ4v) is 11.0. The number of amides is 1. The zero-order valence-electron chi connectivity index (χ0n) is 37.6. The standard InChI is InChI=1S/C49H52ClFN8O7S2/c1-49(2)14-11-33(39(25-49)31-3-5-34(50)6-4-31)26-56-17-19-58(20-18-56)36-7-9-38(46(22-36)66-47-21-32-12-15-52-43(32)24-40(47)51)48(61)55-68(64,65)37-8-10-41(44(23-37)59(62)63)54-42-13-16-57(28-45(42)60)27-35-29-67-30-53-35/h3-10,12,15,21-24,29-30,42,45,52,54,60H,11,13-14,16-20,25-28H2,1-2H3,(H,55,61)/t42-,45-/m1/s1. The summed E-state index contributed by atoms with van der Waals surface area (Å²) >= 11 is 7.73. The van der Waals surface area contributed by atoms with Crippen LogP contribution in [0.3, 0.4) is 0 Å². The molecule has 0 unspecified atom stereocenters. The Kier molecular flexibility index (Phi) is 13.6. The number of nitro benzene ring substituents is 1. The normalized spacial score (nSPS) is 19.3. The molecule has 1 amide bonds. The molecule has 2 fully saturated rings. The smallest absolute Gasteiger partial charge is 0.293 e. The quantitative estimate of drug-likeness (QED) is 0.0600. The van der Waals surface area contributed by atoms with Crippen LogP contribution in [0.4, 0.5) is 21.5 Å². The largest absolute Gasteiger partial charge is 0.453 e. The molecule has 15 nitrogen and oxygen atoms in total. The number of hydrogen-bond donors (Lipinski definition) is 4. The molecule has 4 N–H and O–H groups in total. The van der Waals surface area contributed by atoms with Gasteiger partial charge in [0, 0.05) is 104 Å². The molecule has 4 heterocycles. The number of H-pyrrole nitrogens is 1. The number of nitrogens with zero attached hydrogens (tertiary/aromatic N) is 5. The molecule has 9 rings (SSSR count). The summed E-state index contributed by atoms with van der Waals surface area (Å²) in [4.78, 5) is 39.0. The number of piperidine rings is 1. The van der Waals surface area contributed by atoms with Crippen molar-refractivity contribution in [3.05, 3.63) is 139 Å². The number of sulfonamides is 1. The Bertz CT molecular complexity index is 2980. The molecule has 0 bridgehead atoms. The van der Waals surface area contributed by atoms with Crippen LogP contribution in [-0.4, -0.2) is 102 Å². The molecular weight excluding hydrogens is 931 g/mol. The number of likely N-dealkylation sites (tertiary alicyclic amines) is 1. The van der Waals surface area contributed by atoms with Crippen molar-refractivity contribution >= 4 is 72.4 Å². The molecule has 1 aliphatic carbocycles.